The zero-order chi connectivity index (χ0) is 12.2. The molecule has 1 rings (SSSR count). The molecular weight excluding hydrogens is 226 g/mol. The lowest BCUT2D eigenvalue weighted by molar-refractivity contribution is 0.583. The van der Waals surface area contributed by atoms with Crippen LogP contribution in [0, 0.1) is 13.8 Å². The Bertz CT molecular complexity index is 437. The van der Waals surface area contributed by atoms with Gasteiger partial charge in [0.25, 0.3) is 0 Å². The van der Waals surface area contributed by atoms with Gasteiger partial charge < -0.3 is 9.88 Å². The largest absolute Gasteiger partial charge is 0.333 e. The predicted molar refractivity (Wildman–Crippen MR) is 64.3 cm³/mol. The Kier molecular flexibility index (Phi) is 4.49. The minimum Gasteiger partial charge on any atom is -0.333 e. The number of aryl methyl sites for hydroxylation is 1. The molecule has 92 valence electrons. The molecule has 5 nitrogen and oxygen atoms in total. The van der Waals surface area contributed by atoms with Crippen molar-refractivity contribution in [1.29, 1.82) is 0 Å². The third kappa shape index (κ3) is 4.32. The van der Waals surface area contributed by atoms with Crippen molar-refractivity contribution < 1.29 is 8.42 Å². The van der Waals surface area contributed by atoms with Crippen LogP contribution in [0.15, 0.2) is 6.33 Å². The summed E-state index contributed by atoms with van der Waals surface area (Å²) in [5.74, 6) is 0.189. The van der Waals surface area contributed by atoms with Gasteiger partial charge in [0.05, 0.1) is 17.8 Å². The van der Waals surface area contributed by atoms with Gasteiger partial charge in [0.1, 0.15) is 9.84 Å². The number of aromatic nitrogens is 2. The first-order chi connectivity index (χ1) is 7.40. The van der Waals surface area contributed by atoms with Crippen molar-refractivity contribution in [3.63, 3.8) is 0 Å². The number of hydrogen-bond donors (Lipinski definition) is 1. The molecule has 0 unspecified atom stereocenters. The van der Waals surface area contributed by atoms with Gasteiger partial charge in [-0.3, -0.25) is 0 Å². The van der Waals surface area contributed by atoms with E-state index in [0.717, 1.165) is 24.5 Å². The number of nitrogens with one attached hydrogen (secondary N) is 1. The fourth-order valence-corrected chi connectivity index (χ4v) is 1.87. The average molecular weight is 245 g/mol. The number of sulfone groups is 1. The van der Waals surface area contributed by atoms with Gasteiger partial charge >= 0.3 is 0 Å². The van der Waals surface area contributed by atoms with E-state index in [0.29, 0.717) is 6.54 Å². The number of rotatable bonds is 6. The molecule has 0 saturated carbocycles. The highest BCUT2D eigenvalue weighted by atomic mass is 32.2. The Labute approximate surface area is 96.8 Å². The van der Waals surface area contributed by atoms with E-state index in [4.69, 9.17) is 0 Å². The molecule has 16 heavy (non-hydrogen) atoms. The molecular formula is C10H19N3O2S. The standard InChI is InChI=1S/C10H19N3O2S/c1-9-10(2)13(8-12-9)6-4-11-5-7-16(3,14)15/h8,11H,4-7H2,1-3H3. The lowest BCUT2D eigenvalue weighted by atomic mass is 10.4. The highest BCUT2D eigenvalue weighted by Crippen LogP contribution is 2.02. The average Bonchev–Trinajstić information content (AvgIpc) is 2.47. The first-order valence-electron chi connectivity index (χ1n) is 5.27. The Hall–Kier alpha value is -0.880. The summed E-state index contributed by atoms with van der Waals surface area (Å²) in [5.41, 5.74) is 2.20. The summed E-state index contributed by atoms with van der Waals surface area (Å²) in [6.07, 6.45) is 3.06. The summed E-state index contributed by atoms with van der Waals surface area (Å²) >= 11 is 0. The van der Waals surface area contributed by atoms with Crippen LogP contribution in [0.1, 0.15) is 11.4 Å². The minimum atomic E-state index is -2.85. The zero-order valence-electron chi connectivity index (χ0n) is 10.0. The summed E-state index contributed by atoms with van der Waals surface area (Å²) in [5, 5.41) is 3.10. The molecule has 0 fully saturated rings. The maximum atomic E-state index is 10.9. The van der Waals surface area contributed by atoms with Gasteiger partial charge in [0.2, 0.25) is 0 Å². The van der Waals surface area contributed by atoms with Crippen molar-refractivity contribution in [3.8, 4) is 0 Å². The molecule has 0 saturated heterocycles. The molecule has 1 aromatic rings. The molecule has 0 bridgehead atoms. The summed E-state index contributed by atoms with van der Waals surface area (Å²) in [7, 11) is -2.85. The molecule has 1 aromatic heterocycles. The van der Waals surface area contributed by atoms with E-state index in [2.05, 4.69) is 14.9 Å². The molecule has 0 aliphatic carbocycles. The smallest absolute Gasteiger partial charge is 0.148 e. The topological polar surface area (TPSA) is 64.0 Å². The summed E-state index contributed by atoms with van der Waals surface area (Å²) in [6, 6.07) is 0. The van der Waals surface area contributed by atoms with Gasteiger partial charge in [-0.2, -0.15) is 0 Å². The first-order valence-corrected chi connectivity index (χ1v) is 7.33. The highest BCUT2D eigenvalue weighted by molar-refractivity contribution is 7.90. The molecule has 0 radical (unpaired) electrons. The summed E-state index contributed by atoms with van der Waals surface area (Å²) in [4.78, 5) is 4.19. The molecule has 6 heteroatoms. The van der Waals surface area contributed by atoms with Crippen LogP contribution in [0.25, 0.3) is 0 Å². The minimum absolute atomic E-state index is 0.189. The fraction of sp³-hybridized carbons (Fsp3) is 0.700. The molecule has 0 aliphatic heterocycles. The van der Waals surface area contributed by atoms with Crippen LogP contribution in [-0.4, -0.2) is 43.1 Å². The van der Waals surface area contributed by atoms with Crippen molar-refractivity contribution in [1.82, 2.24) is 14.9 Å². The van der Waals surface area contributed by atoms with Crippen molar-refractivity contribution >= 4 is 9.84 Å². The number of hydrogen-bond acceptors (Lipinski definition) is 4. The van der Waals surface area contributed by atoms with Crippen molar-refractivity contribution in [2.75, 3.05) is 25.1 Å². The Morgan fingerprint density at radius 2 is 2.06 bits per heavy atom. The van der Waals surface area contributed by atoms with Gasteiger partial charge in [-0.15, -0.1) is 0 Å². The molecule has 0 spiro atoms. The molecule has 0 atom stereocenters. The van der Waals surface area contributed by atoms with E-state index >= 15 is 0 Å². The lowest BCUT2D eigenvalue weighted by Crippen LogP contribution is -2.26. The van der Waals surface area contributed by atoms with Crippen LogP contribution in [0.2, 0.25) is 0 Å². The van der Waals surface area contributed by atoms with Crippen molar-refractivity contribution in [2.24, 2.45) is 0 Å². The monoisotopic (exact) mass is 245 g/mol. The molecule has 1 N–H and O–H groups in total. The Balaban J connectivity index is 2.24. The normalized spacial score (nSPS) is 11.9. The van der Waals surface area contributed by atoms with E-state index in [-0.39, 0.29) is 5.75 Å². The van der Waals surface area contributed by atoms with Crippen molar-refractivity contribution in [3.05, 3.63) is 17.7 Å². The molecule has 0 aliphatic rings. The molecule has 0 aromatic carbocycles. The third-order valence-electron chi connectivity index (χ3n) is 2.52. The van der Waals surface area contributed by atoms with E-state index in [9.17, 15) is 8.42 Å². The maximum absolute atomic E-state index is 10.9. The highest BCUT2D eigenvalue weighted by Gasteiger charge is 2.02. The number of nitrogens with zero attached hydrogens (tertiary/aromatic N) is 2. The van der Waals surface area contributed by atoms with Crippen molar-refractivity contribution in [2.45, 2.75) is 20.4 Å². The van der Waals surface area contributed by atoms with E-state index in [1.807, 2.05) is 20.2 Å². The quantitative estimate of drug-likeness (QED) is 0.724. The second-order valence-electron chi connectivity index (χ2n) is 3.99. The third-order valence-corrected chi connectivity index (χ3v) is 3.47. The van der Waals surface area contributed by atoms with Gasteiger partial charge in [-0.05, 0) is 13.8 Å². The SMILES string of the molecule is Cc1ncn(CCNCCS(C)(=O)=O)c1C. The first kappa shape index (κ1) is 13.2. The molecule has 0 amide bonds. The fourth-order valence-electron chi connectivity index (χ4n) is 1.35. The Morgan fingerprint density at radius 3 is 2.56 bits per heavy atom. The van der Waals surface area contributed by atoms with E-state index < -0.39 is 9.84 Å². The second kappa shape index (κ2) is 5.45. The number of imidazole rings is 1. The van der Waals surface area contributed by atoms with Gasteiger partial charge in [0.15, 0.2) is 0 Å². The van der Waals surface area contributed by atoms with Crippen LogP contribution in [0.5, 0.6) is 0 Å². The van der Waals surface area contributed by atoms with Crippen LogP contribution >= 0.6 is 0 Å². The van der Waals surface area contributed by atoms with Gasteiger partial charge in [-0.1, -0.05) is 0 Å². The van der Waals surface area contributed by atoms with Gasteiger partial charge in [-0.25, -0.2) is 13.4 Å². The maximum Gasteiger partial charge on any atom is 0.148 e. The van der Waals surface area contributed by atoms with Gasteiger partial charge in [0, 0.05) is 31.6 Å². The van der Waals surface area contributed by atoms with E-state index in [1.54, 1.807) is 0 Å². The van der Waals surface area contributed by atoms with E-state index in [1.165, 1.54) is 6.26 Å². The van der Waals surface area contributed by atoms with Crippen LogP contribution in [0.4, 0.5) is 0 Å². The summed E-state index contributed by atoms with van der Waals surface area (Å²) in [6.45, 7) is 6.08. The van der Waals surface area contributed by atoms with Crippen LogP contribution < -0.4 is 5.32 Å². The Morgan fingerprint density at radius 1 is 1.38 bits per heavy atom. The summed E-state index contributed by atoms with van der Waals surface area (Å²) < 4.78 is 23.8. The predicted octanol–water partition coefficient (Wildman–Crippen LogP) is 0.134. The zero-order valence-corrected chi connectivity index (χ0v) is 10.8. The van der Waals surface area contributed by atoms with Crippen LogP contribution in [-0.2, 0) is 16.4 Å². The molecule has 1 heterocycles. The van der Waals surface area contributed by atoms with Crippen LogP contribution in [0.3, 0.4) is 0 Å². The second-order valence-corrected chi connectivity index (χ2v) is 6.25. The lowest BCUT2D eigenvalue weighted by Gasteiger charge is -2.06.